The first kappa shape index (κ1) is 15.1. The predicted molar refractivity (Wildman–Crippen MR) is 79.4 cm³/mol. The van der Waals surface area contributed by atoms with Gasteiger partial charge in [0.05, 0.1) is 18.3 Å². The zero-order chi connectivity index (χ0) is 15.6. The van der Waals surface area contributed by atoms with Gasteiger partial charge in [0.1, 0.15) is 0 Å². The van der Waals surface area contributed by atoms with E-state index in [1.807, 2.05) is 4.90 Å². The molecule has 2 saturated heterocycles. The molecule has 2 aliphatic rings. The molecule has 0 aromatic carbocycles. The molecule has 6 nitrogen and oxygen atoms in total. The molecule has 0 bridgehead atoms. The van der Waals surface area contributed by atoms with Crippen LogP contribution in [0.15, 0.2) is 22.8 Å². The monoisotopic (exact) mass is 306 g/mol. The molecule has 120 valence electrons. The van der Waals surface area contributed by atoms with Crippen molar-refractivity contribution < 1.29 is 18.7 Å². The average Bonchev–Trinajstić information content (AvgIpc) is 3.17. The quantitative estimate of drug-likeness (QED) is 0.843. The minimum atomic E-state index is -0.270. The van der Waals surface area contributed by atoms with Crippen LogP contribution in [0.1, 0.15) is 29.8 Å². The van der Waals surface area contributed by atoms with E-state index in [-0.39, 0.29) is 17.2 Å². The van der Waals surface area contributed by atoms with E-state index in [0.717, 1.165) is 25.8 Å². The third-order valence-electron chi connectivity index (χ3n) is 4.91. The van der Waals surface area contributed by atoms with E-state index in [4.69, 9.17) is 9.15 Å². The number of carbonyl (C=O) groups excluding carboxylic acids is 2. The van der Waals surface area contributed by atoms with Crippen molar-refractivity contribution >= 4 is 11.8 Å². The Balaban J connectivity index is 1.60. The van der Waals surface area contributed by atoms with E-state index in [2.05, 4.69) is 0 Å². The van der Waals surface area contributed by atoms with Gasteiger partial charge in [0.15, 0.2) is 5.76 Å². The highest BCUT2D eigenvalue weighted by atomic mass is 16.5. The Hall–Kier alpha value is -1.82. The summed E-state index contributed by atoms with van der Waals surface area (Å²) in [6.45, 7) is 3.26. The number of methoxy groups -OCH3 is 1. The molecule has 0 atom stereocenters. The molecule has 3 rings (SSSR count). The Bertz CT molecular complexity index is 532. The van der Waals surface area contributed by atoms with Crippen LogP contribution < -0.4 is 0 Å². The lowest BCUT2D eigenvalue weighted by Gasteiger charge is -2.37. The molecular weight excluding hydrogens is 284 g/mol. The maximum Gasteiger partial charge on any atom is 0.289 e. The molecule has 0 N–H and O–H groups in total. The summed E-state index contributed by atoms with van der Waals surface area (Å²) in [5.41, 5.74) is -0.270. The standard InChI is InChI=1S/C16H22N2O4/c1-21-12-10-18-9-6-16(15(18)20)4-7-17(8-5-16)14(19)13-3-2-11-22-13/h2-3,11H,4-10,12H2,1H3. The number of hydrogen-bond acceptors (Lipinski definition) is 4. The molecule has 0 aliphatic carbocycles. The Morgan fingerprint density at radius 3 is 2.68 bits per heavy atom. The van der Waals surface area contributed by atoms with Gasteiger partial charge in [-0.25, -0.2) is 0 Å². The fraction of sp³-hybridized carbons (Fsp3) is 0.625. The summed E-state index contributed by atoms with van der Waals surface area (Å²) in [6.07, 6.45) is 3.87. The smallest absolute Gasteiger partial charge is 0.289 e. The van der Waals surface area contributed by atoms with E-state index in [0.29, 0.717) is 32.0 Å². The Morgan fingerprint density at radius 2 is 2.05 bits per heavy atom. The van der Waals surface area contributed by atoms with Gasteiger partial charge in [-0.05, 0) is 31.4 Å². The van der Waals surface area contributed by atoms with Crippen LogP contribution in [0, 0.1) is 5.41 Å². The van der Waals surface area contributed by atoms with Crippen LogP contribution in [-0.2, 0) is 9.53 Å². The predicted octanol–water partition coefficient (Wildman–Crippen LogP) is 1.38. The number of furan rings is 1. The largest absolute Gasteiger partial charge is 0.459 e. The summed E-state index contributed by atoms with van der Waals surface area (Å²) in [5.74, 6) is 0.520. The normalized spacial score (nSPS) is 20.9. The van der Waals surface area contributed by atoms with Gasteiger partial charge in [-0.3, -0.25) is 9.59 Å². The summed E-state index contributed by atoms with van der Waals surface area (Å²) < 4.78 is 10.2. The van der Waals surface area contributed by atoms with Crippen molar-refractivity contribution in [1.29, 1.82) is 0 Å². The van der Waals surface area contributed by atoms with Gasteiger partial charge >= 0.3 is 0 Å². The molecule has 22 heavy (non-hydrogen) atoms. The fourth-order valence-corrected chi connectivity index (χ4v) is 3.47. The molecule has 3 heterocycles. The van der Waals surface area contributed by atoms with Crippen LogP contribution >= 0.6 is 0 Å². The van der Waals surface area contributed by atoms with Gasteiger partial charge in [-0.2, -0.15) is 0 Å². The molecule has 2 amide bonds. The van der Waals surface area contributed by atoms with Gasteiger partial charge in [0.2, 0.25) is 5.91 Å². The third kappa shape index (κ3) is 2.63. The number of nitrogens with zero attached hydrogens (tertiary/aromatic N) is 2. The molecule has 1 aromatic rings. The van der Waals surface area contributed by atoms with Gasteiger partial charge in [-0.1, -0.05) is 0 Å². The number of hydrogen-bond donors (Lipinski definition) is 0. The SMILES string of the molecule is COCCN1CCC2(CCN(C(=O)c3ccco3)CC2)C1=O. The second-order valence-corrected chi connectivity index (χ2v) is 6.08. The van der Waals surface area contributed by atoms with Crippen molar-refractivity contribution in [3.8, 4) is 0 Å². The number of rotatable bonds is 4. The number of amides is 2. The van der Waals surface area contributed by atoms with Crippen molar-refractivity contribution in [1.82, 2.24) is 9.80 Å². The maximum atomic E-state index is 12.6. The Labute approximate surface area is 130 Å². The summed E-state index contributed by atoms with van der Waals surface area (Å²) in [5, 5.41) is 0. The topological polar surface area (TPSA) is 63.0 Å². The van der Waals surface area contributed by atoms with E-state index in [9.17, 15) is 9.59 Å². The highest BCUT2D eigenvalue weighted by Gasteiger charge is 2.48. The van der Waals surface area contributed by atoms with E-state index in [1.54, 1.807) is 24.1 Å². The summed E-state index contributed by atoms with van der Waals surface area (Å²) in [7, 11) is 1.65. The van der Waals surface area contributed by atoms with Gasteiger partial charge < -0.3 is 19.0 Å². The minimum absolute atomic E-state index is 0.0819. The summed E-state index contributed by atoms with van der Waals surface area (Å²) >= 11 is 0. The zero-order valence-corrected chi connectivity index (χ0v) is 12.9. The van der Waals surface area contributed by atoms with Crippen molar-refractivity contribution in [2.24, 2.45) is 5.41 Å². The number of likely N-dealkylation sites (tertiary alicyclic amines) is 2. The lowest BCUT2D eigenvalue weighted by Crippen LogP contribution is -2.46. The Kier molecular flexibility index (Phi) is 4.20. The number of carbonyl (C=O) groups is 2. The molecule has 0 unspecified atom stereocenters. The van der Waals surface area contributed by atoms with Crippen LogP contribution in [0.3, 0.4) is 0 Å². The van der Waals surface area contributed by atoms with Crippen molar-refractivity contribution in [3.05, 3.63) is 24.2 Å². The molecule has 1 aromatic heterocycles. The van der Waals surface area contributed by atoms with Gasteiger partial charge in [-0.15, -0.1) is 0 Å². The van der Waals surface area contributed by atoms with Crippen LogP contribution in [0.25, 0.3) is 0 Å². The number of ether oxygens (including phenoxy) is 1. The molecule has 0 radical (unpaired) electrons. The minimum Gasteiger partial charge on any atom is -0.459 e. The lowest BCUT2D eigenvalue weighted by molar-refractivity contribution is -0.138. The van der Waals surface area contributed by atoms with Crippen molar-refractivity contribution in [2.45, 2.75) is 19.3 Å². The summed E-state index contributed by atoms with van der Waals surface area (Å²) in [6, 6.07) is 3.40. The number of piperidine rings is 1. The first-order chi connectivity index (χ1) is 10.7. The van der Waals surface area contributed by atoms with E-state index < -0.39 is 0 Å². The second kappa shape index (κ2) is 6.12. The highest BCUT2D eigenvalue weighted by molar-refractivity contribution is 5.92. The molecule has 1 spiro atoms. The first-order valence-electron chi connectivity index (χ1n) is 7.77. The van der Waals surface area contributed by atoms with Crippen molar-refractivity contribution in [3.63, 3.8) is 0 Å². The molecule has 2 aliphatic heterocycles. The average molecular weight is 306 g/mol. The summed E-state index contributed by atoms with van der Waals surface area (Å²) in [4.78, 5) is 28.6. The molecular formula is C16H22N2O4. The van der Waals surface area contributed by atoms with Crippen LogP contribution in [0.5, 0.6) is 0 Å². The van der Waals surface area contributed by atoms with Crippen LogP contribution in [0.4, 0.5) is 0 Å². The molecule has 0 saturated carbocycles. The molecule has 2 fully saturated rings. The third-order valence-corrected chi connectivity index (χ3v) is 4.91. The van der Waals surface area contributed by atoms with Crippen molar-refractivity contribution in [2.75, 3.05) is 39.9 Å². The fourth-order valence-electron chi connectivity index (χ4n) is 3.47. The maximum absolute atomic E-state index is 12.6. The van der Waals surface area contributed by atoms with Gasteiger partial charge in [0.25, 0.3) is 5.91 Å². The highest BCUT2D eigenvalue weighted by Crippen LogP contribution is 2.41. The van der Waals surface area contributed by atoms with E-state index in [1.165, 1.54) is 6.26 Å². The lowest BCUT2D eigenvalue weighted by atomic mass is 9.77. The zero-order valence-electron chi connectivity index (χ0n) is 12.9. The van der Waals surface area contributed by atoms with Gasteiger partial charge in [0, 0.05) is 33.3 Å². The van der Waals surface area contributed by atoms with Crippen LogP contribution in [-0.4, -0.2) is 61.5 Å². The Morgan fingerprint density at radius 1 is 1.32 bits per heavy atom. The second-order valence-electron chi connectivity index (χ2n) is 6.08. The molecule has 6 heteroatoms. The van der Waals surface area contributed by atoms with E-state index >= 15 is 0 Å². The van der Waals surface area contributed by atoms with Crippen LogP contribution in [0.2, 0.25) is 0 Å². The first-order valence-corrected chi connectivity index (χ1v) is 7.77.